The lowest BCUT2D eigenvalue weighted by molar-refractivity contribution is 0.248. The summed E-state index contributed by atoms with van der Waals surface area (Å²) in [5, 5.41) is 3.19. The summed E-state index contributed by atoms with van der Waals surface area (Å²) in [6.07, 6.45) is 6.02. The Bertz CT molecular complexity index is 274. The van der Waals surface area contributed by atoms with Crippen molar-refractivity contribution in [2.24, 2.45) is 0 Å². The van der Waals surface area contributed by atoms with E-state index in [1.807, 2.05) is 19.4 Å². The summed E-state index contributed by atoms with van der Waals surface area (Å²) in [7, 11) is 4.20. The Morgan fingerprint density at radius 3 is 2.69 bits per heavy atom. The first-order valence-electron chi connectivity index (χ1n) is 5.97. The Morgan fingerprint density at radius 1 is 1.38 bits per heavy atom. The largest absolute Gasteiger partial charge is 0.320 e. The molecule has 0 fully saturated rings. The first kappa shape index (κ1) is 13.1. The van der Waals surface area contributed by atoms with E-state index >= 15 is 0 Å². The summed E-state index contributed by atoms with van der Waals surface area (Å²) >= 11 is 0. The van der Waals surface area contributed by atoms with E-state index in [9.17, 15) is 0 Å². The maximum Gasteiger partial charge on any atom is 0.0270 e. The highest BCUT2D eigenvalue weighted by Gasteiger charge is 2.07. The Hall–Kier alpha value is -0.930. The average Bonchev–Trinajstić information content (AvgIpc) is 2.34. The van der Waals surface area contributed by atoms with Gasteiger partial charge in [-0.3, -0.25) is 4.98 Å². The number of hydrogen-bond donors (Lipinski definition) is 1. The molecule has 0 aliphatic carbocycles. The third-order valence-electron chi connectivity index (χ3n) is 3.07. The Morgan fingerprint density at radius 2 is 2.06 bits per heavy atom. The lowest BCUT2D eigenvalue weighted by atomic mass is 10.1. The molecule has 1 atom stereocenters. The number of likely N-dealkylation sites (N-methyl/N-ethyl adjacent to an activating group) is 1. The lowest BCUT2D eigenvalue weighted by Crippen LogP contribution is -2.33. The van der Waals surface area contributed by atoms with E-state index in [0.717, 1.165) is 19.5 Å². The molecule has 16 heavy (non-hydrogen) atoms. The van der Waals surface area contributed by atoms with Crippen molar-refractivity contribution in [3.8, 4) is 0 Å². The number of hydrogen-bond acceptors (Lipinski definition) is 3. The molecule has 0 saturated heterocycles. The minimum absolute atomic E-state index is 0.634. The summed E-state index contributed by atoms with van der Waals surface area (Å²) in [4.78, 5) is 6.44. The Balaban J connectivity index is 2.26. The van der Waals surface area contributed by atoms with E-state index in [1.165, 1.54) is 12.0 Å². The molecule has 3 heteroatoms. The van der Waals surface area contributed by atoms with Crippen molar-refractivity contribution >= 4 is 0 Å². The van der Waals surface area contributed by atoms with Gasteiger partial charge in [-0.2, -0.15) is 0 Å². The molecule has 1 aromatic rings. The highest BCUT2D eigenvalue weighted by atomic mass is 15.1. The van der Waals surface area contributed by atoms with E-state index in [4.69, 9.17) is 0 Å². The molecule has 1 aromatic heterocycles. The molecule has 1 rings (SSSR count). The molecule has 0 amide bonds. The summed E-state index contributed by atoms with van der Waals surface area (Å²) in [6, 6.07) is 4.81. The van der Waals surface area contributed by atoms with E-state index in [0.29, 0.717) is 6.04 Å². The van der Waals surface area contributed by atoms with Crippen molar-refractivity contribution in [3.63, 3.8) is 0 Å². The monoisotopic (exact) mass is 221 g/mol. The van der Waals surface area contributed by atoms with Crippen LogP contribution >= 0.6 is 0 Å². The molecule has 0 aliphatic rings. The second kappa shape index (κ2) is 7.36. The van der Waals surface area contributed by atoms with Gasteiger partial charge in [-0.25, -0.2) is 0 Å². The van der Waals surface area contributed by atoms with E-state index in [2.05, 4.69) is 41.3 Å². The molecule has 0 radical (unpaired) electrons. The molecule has 1 unspecified atom stereocenters. The first-order valence-corrected chi connectivity index (χ1v) is 5.97. The highest BCUT2D eigenvalue weighted by molar-refractivity contribution is 5.09. The molecule has 0 spiro atoms. The van der Waals surface area contributed by atoms with Gasteiger partial charge in [0, 0.05) is 25.0 Å². The molecule has 3 nitrogen and oxygen atoms in total. The highest BCUT2D eigenvalue weighted by Crippen LogP contribution is 2.03. The predicted molar refractivity (Wildman–Crippen MR) is 68.6 cm³/mol. The summed E-state index contributed by atoms with van der Waals surface area (Å²) in [5.74, 6) is 0. The molecule has 0 bridgehead atoms. The zero-order valence-electron chi connectivity index (χ0n) is 10.6. The van der Waals surface area contributed by atoms with Gasteiger partial charge in [-0.1, -0.05) is 0 Å². The molecule has 1 heterocycles. The summed E-state index contributed by atoms with van der Waals surface area (Å²) in [6.45, 7) is 4.47. The number of nitrogens with zero attached hydrogens (tertiary/aromatic N) is 2. The van der Waals surface area contributed by atoms with Gasteiger partial charge in [0.15, 0.2) is 0 Å². The second-order valence-corrected chi connectivity index (χ2v) is 4.33. The summed E-state index contributed by atoms with van der Waals surface area (Å²) in [5.41, 5.74) is 1.36. The number of rotatable bonds is 7. The van der Waals surface area contributed by atoms with E-state index in [1.54, 1.807) is 0 Å². The first-order chi connectivity index (χ1) is 7.74. The van der Waals surface area contributed by atoms with Crippen molar-refractivity contribution < 1.29 is 0 Å². The Kier molecular flexibility index (Phi) is 6.04. The van der Waals surface area contributed by atoms with Crippen LogP contribution in [0.2, 0.25) is 0 Å². The number of nitrogens with one attached hydrogen (secondary N) is 1. The third kappa shape index (κ3) is 4.73. The van der Waals surface area contributed by atoms with Crippen LogP contribution in [-0.2, 0) is 6.42 Å². The zero-order chi connectivity index (χ0) is 11.8. The molecular weight excluding hydrogens is 198 g/mol. The van der Waals surface area contributed by atoms with Crippen LogP contribution in [0.25, 0.3) is 0 Å². The average molecular weight is 221 g/mol. The van der Waals surface area contributed by atoms with Crippen LogP contribution < -0.4 is 5.32 Å². The van der Waals surface area contributed by atoms with Crippen LogP contribution in [0.3, 0.4) is 0 Å². The van der Waals surface area contributed by atoms with Crippen LogP contribution in [0.1, 0.15) is 18.9 Å². The van der Waals surface area contributed by atoms with Crippen LogP contribution in [0.4, 0.5) is 0 Å². The standard InChI is InChI=1S/C13H23N3/c1-12(4-8-14-2)16(3)11-7-13-5-9-15-10-6-13/h5-6,9-10,12,14H,4,7-8,11H2,1-3H3. The van der Waals surface area contributed by atoms with Gasteiger partial charge in [0.2, 0.25) is 0 Å². The van der Waals surface area contributed by atoms with Crippen molar-refractivity contribution in [2.75, 3.05) is 27.2 Å². The summed E-state index contributed by atoms with van der Waals surface area (Å²) < 4.78 is 0. The van der Waals surface area contributed by atoms with Gasteiger partial charge in [0.05, 0.1) is 0 Å². The fraction of sp³-hybridized carbons (Fsp3) is 0.615. The maximum absolute atomic E-state index is 4.03. The smallest absolute Gasteiger partial charge is 0.0270 e. The topological polar surface area (TPSA) is 28.2 Å². The lowest BCUT2D eigenvalue weighted by Gasteiger charge is -2.24. The Labute approximate surface area is 98.9 Å². The fourth-order valence-electron chi connectivity index (χ4n) is 1.65. The fourth-order valence-corrected chi connectivity index (χ4v) is 1.65. The van der Waals surface area contributed by atoms with Crippen LogP contribution in [0, 0.1) is 0 Å². The van der Waals surface area contributed by atoms with Crippen molar-refractivity contribution in [1.82, 2.24) is 15.2 Å². The predicted octanol–water partition coefficient (Wildman–Crippen LogP) is 1.55. The number of aromatic nitrogens is 1. The van der Waals surface area contributed by atoms with E-state index in [-0.39, 0.29) is 0 Å². The molecule has 90 valence electrons. The van der Waals surface area contributed by atoms with Gasteiger partial charge in [-0.15, -0.1) is 0 Å². The van der Waals surface area contributed by atoms with Crippen LogP contribution in [-0.4, -0.2) is 43.1 Å². The molecule has 1 N–H and O–H groups in total. The SMILES string of the molecule is CNCCC(C)N(C)CCc1ccncc1. The molecule has 0 aliphatic heterocycles. The van der Waals surface area contributed by atoms with Gasteiger partial charge >= 0.3 is 0 Å². The van der Waals surface area contributed by atoms with Crippen molar-refractivity contribution in [1.29, 1.82) is 0 Å². The minimum atomic E-state index is 0.634. The van der Waals surface area contributed by atoms with Gasteiger partial charge in [0.1, 0.15) is 0 Å². The van der Waals surface area contributed by atoms with E-state index < -0.39 is 0 Å². The van der Waals surface area contributed by atoms with Crippen molar-refractivity contribution in [3.05, 3.63) is 30.1 Å². The molecule has 0 saturated carbocycles. The molecule has 0 aromatic carbocycles. The van der Waals surface area contributed by atoms with Gasteiger partial charge < -0.3 is 10.2 Å². The number of pyridine rings is 1. The third-order valence-corrected chi connectivity index (χ3v) is 3.07. The quantitative estimate of drug-likeness (QED) is 0.757. The van der Waals surface area contributed by atoms with Crippen LogP contribution in [0.15, 0.2) is 24.5 Å². The zero-order valence-corrected chi connectivity index (χ0v) is 10.6. The normalized spacial score (nSPS) is 13.0. The van der Waals surface area contributed by atoms with Crippen LogP contribution in [0.5, 0.6) is 0 Å². The van der Waals surface area contributed by atoms with Crippen molar-refractivity contribution in [2.45, 2.75) is 25.8 Å². The maximum atomic E-state index is 4.03. The second-order valence-electron chi connectivity index (χ2n) is 4.33. The van der Waals surface area contributed by atoms with Gasteiger partial charge in [-0.05, 0) is 58.1 Å². The molecular formula is C13H23N3. The van der Waals surface area contributed by atoms with Gasteiger partial charge in [0.25, 0.3) is 0 Å². The minimum Gasteiger partial charge on any atom is -0.320 e.